The second kappa shape index (κ2) is 10.5. The zero-order valence-corrected chi connectivity index (χ0v) is 16.8. The number of carbonyl (C=O) groups excluding carboxylic acids is 2. The Kier molecular flexibility index (Phi) is 8.38. The third kappa shape index (κ3) is 6.70. The molecule has 0 unspecified atom stereocenters. The maximum atomic E-state index is 12.4. The van der Waals surface area contributed by atoms with Gasteiger partial charge in [0.1, 0.15) is 5.75 Å². The van der Waals surface area contributed by atoms with Gasteiger partial charge in [0.05, 0.1) is 13.7 Å². The van der Waals surface area contributed by atoms with Crippen LogP contribution in [0.3, 0.4) is 0 Å². The monoisotopic (exact) mass is 395 g/mol. The van der Waals surface area contributed by atoms with Crippen molar-refractivity contribution in [2.75, 3.05) is 46.4 Å². The zero-order chi connectivity index (χ0) is 18.4. The van der Waals surface area contributed by atoms with Crippen molar-refractivity contribution in [3.63, 3.8) is 0 Å². The second-order valence-corrected chi connectivity index (χ2v) is 7.18. The first-order valence-electron chi connectivity index (χ1n) is 9.55. The Balaban J connectivity index is 0.00000261. The molecule has 1 aromatic carbocycles. The highest BCUT2D eigenvalue weighted by Crippen LogP contribution is 2.27. The summed E-state index contributed by atoms with van der Waals surface area (Å²) < 4.78 is 5.15. The van der Waals surface area contributed by atoms with Crippen molar-refractivity contribution >= 4 is 24.2 Å². The average Bonchev–Trinajstić information content (AvgIpc) is 3.51. The maximum absolute atomic E-state index is 12.4. The molecule has 0 radical (unpaired) electrons. The van der Waals surface area contributed by atoms with Gasteiger partial charge in [0, 0.05) is 32.6 Å². The minimum Gasteiger partial charge on any atom is -0.497 e. The average molecular weight is 396 g/mol. The lowest BCUT2D eigenvalue weighted by molar-refractivity contribution is -0.139. The molecule has 1 aliphatic heterocycles. The van der Waals surface area contributed by atoms with Crippen LogP contribution in [0.4, 0.5) is 0 Å². The van der Waals surface area contributed by atoms with Crippen molar-refractivity contribution in [1.82, 2.24) is 15.1 Å². The fourth-order valence-electron chi connectivity index (χ4n) is 3.22. The van der Waals surface area contributed by atoms with Gasteiger partial charge in [-0.2, -0.15) is 0 Å². The molecule has 1 aliphatic carbocycles. The predicted molar refractivity (Wildman–Crippen MR) is 107 cm³/mol. The van der Waals surface area contributed by atoms with Crippen LogP contribution in [0.2, 0.25) is 0 Å². The van der Waals surface area contributed by atoms with Crippen molar-refractivity contribution in [2.45, 2.75) is 25.7 Å². The van der Waals surface area contributed by atoms with Gasteiger partial charge in [0.25, 0.3) is 0 Å². The second-order valence-electron chi connectivity index (χ2n) is 7.18. The van der Waals surface area contributed by atoms with Crippen molar-refractivity contribution in [3.8, 4) is 5.75 Å². The number of ether oxygens (including phenoxy) is 1. The number of amides is 2. The molecule has 0 atom stereocenters. The Hall–Kier alpha value is -1.79. The summed E-state index contributed by atoms with van der Waals surface area (Å²) in [5.74, 6) is 1.92. The normalized spacial score (nSPS) is 16.6. The van der Waals surface area contributed by atoms with E-state index >= 15 is 0 Å². The molecule has 1 saturated carbocycles. The van der Waals surface area contributed by atoms with Crippen LogP contribution in [0, 0.1) is 5.92 Å². The van der Waals surface area contributed by atoms with E-state index in [2.05, 4.69) is 5.32 Å². The van der Waals surface area contributed by atoms with Crippen molar-refractivity contribution < 1.29 is 14.3 Å². The first kappa shape index (κ1) is 21.5. The molecule has 3 rings (SSSR count). The zero-order valence-electron chi connectivity index (χ0n) is 16.0. The lowest BCUT2D eigenvalue weighted by Gasteiger charge is -2.35. The van der Waals surface area contributed by atoms with E-state index in [1.54, 1.807) is 7.11 Å². The molecule has 2 aliphatic rings. The molecule has 1 heterocycles. The van der Waals surface area contributed by atoms with Gasteiger partial charge in [0.15, 0.2) is 0 Å². The van der Waals surface area contributed by atoms with E-state index in [9.17, 15) is 9.59 Å². The Morgan fingerprint density at radius 2 is 1.63 bits per heavy atom. The number of rotatable bonds is 8. The molecule has 6 nitrogen and oxygen atoms in total. The van der Waals surface area contributed by atoms with Gasteiger partial charge in [-0.15, -0.1) is 12.4 Å². The summed E-state index contributed by atoms with van der Waals surface area (Å²) in [7, 11) is 1.64. The topological polar surface area (TPSA) is 61.9 Å². The number of piperazine rings is 1. The Labute approximate surface area is 167 Å². The number of benzene rings is 1. The smallest absolute Gasteiger partial charge is 0.236 e. The molecule has 7 heteroatoms. The number of methoxy groups -OCH3 is 1. The predicted octanol–water partition coefficient (Wildman–Crippen LogP) is 1.72. The summed E-state index contributed by atoms with van der Waals surface area (Å²) in [5.41, 5.74) is 1.13. The molecule has 27 heavy (non-hydrogen) atoms. The van der Waals surface area contributed by atoms with E-state index in [1.807, 2.05) is 34.1 Å². The Bertz CT molecular complexity index is 611. The molecule has 1 N–H and O–H groups in total. The number of aryl methyl sites for hydroxylation is 1. The minimum absolute atomic E-state index is 0. The standard InChI is InChI=1S/C20H29N3O3.ClH/c1-26-18-7-4-16(5-8-18)6-9-19(24)22-10-12-23(13-11-22)20(25)15-21-14-17-2-3-17;/h4-5,7-8,17,21H,2-3,6,9-15H2,1H3;1H. The summed E-state index contributed by atoms with van der Waals surface area (Å²) >= 11 is 0. The number of nitrogens with one attached hydrogen (secondary N) is 1. The van der Waals surface area contributed by atoms with E-state index in [0.29, 0.717) is 39.1 Å². The molecule has 2 amide bonds. The largest absolute Gasteiger partial charge is 0.497 e. The van der Waals surface area contributed by atoms with Crippen LogP contribution in [0.25, 0.3) is 0 Å². The third-order valence-electron chi connectivity index (χ3n) is 5.18. The van der Waals surface area contributed by atoms with Crippen molar-refractivity contribution in [3.05, 3.63) is 29.8 Å². The van der Waals surface area contributed by atoms with Crippen LogP contribution in [-0.4, -0.2) is 68.0 Å². The third-order valence-corrected chi connectivity index (χ3v) is 5.18. The lowest BCUT2D eigenvalue weighted by Crippen LogP contribution is -2.52. The number of hydrogen-bond acceptors (Lipinski definition) is 4. The SMILES string of the molecule is COc1ccc(CCC(=O)N2CCN(C(=O)CNCC3CC3)CC2)cc1.Cl. The van der Waals surface area contributed by atoms with Crippen LogP contribution in [0.5, 0.6) is 5.75 Å². The van der Waals surface area contributed by atoms with Gasteiger partial charge in [-0.05, 0) is 49.4 Å². The van der Waals surface area contributed by atoms with E-state index in [-0.39, 0.29) is 24.2 Å². The van der Waals surface area contributed by atoms with Gasteiger partial charge >= 0.3 is 0 Å². The van der Waals surface area contributed by atoms with Gasteiger partial charge in [-0.1, -0.05) is 12.1 Å². The summed E-state index contributed by atoms with van der Waals surface area (Å²) in [6, 6.07) is 7.83. The molecule has 0 aromatic heterocycles. The molecule has 150 valence electrons. The van der Waals surface area contributed by atoms with Crippen LogP contribution in [-0.2, 0) is 16.0 Å². The Morgan fingerprint density at radius 3 is 2.19 bits per heavy atom. The van der Waals surface area contributed by atoms with E-state index in [0.717, 1.165) is 30.2 Å². The summed E-state index contributed by atoms with van der Waals surface area (Å²) in [5, 5.41) is 3.24. The summed E-state index contributed by atoms with van der Waals surface area (Å²) in [4.78, 5) is 28.3. The highest BCUT2D eigenvalue weighted by atomic mass is 35.5. The molecule has 0 spiro atoms. The van der Waals surface area contributed by atoms with Gasteiger partial charge < -0.3 is 19.9 Å². The fraction of sp³-hybridized carbons (Fsp3) is 0.600. The van der Waals surface area contributed by atoms with Gasteiger partial charge in [0.2, 0.25) is 11.8 Å². The van der Waals surface area contributed by atoms with Crippen LogP contribution >= 0.6 is 12.4 Å². The quantitative estimate of drug-likeness (QED) is 0.728. The number of nitrogens with zero attached hydrogens (tertiary/aromatic N) is 2. The summed E-state index contributed by atoms with van der Waals surface area (Å²) in [6.07, 6.45) is 3.81. The maximum Gasteiger partial charge on any atom is 0.236 e. The molecule has 2 fully saturated rings. The number of hydrogen-bond donors (Lipinski definition) is 1. The first-order valence-corrected chi connectivity index (χ1v) is 9.55. The first-order chi connectivity index (χ1) is 12.7. The summed E-state index contributed by atoms with van der Waals surface area (Å²) in [6.45, 7) is 3.92. The molecule has 0 bridgehead atoms. The highest BCUT2D eigenvalue weighted by molar-refractivity contribution is 5.85. The van der Waals surface area contributed by atoms with E-state index in [4.69, 9.17) is 4.74 Å². The Morgan fingerprint density at radius 1 is 1.04 bits per heavy atom. The van der Waals surface area contributed by atoms with Gasteiger partial charge in [-0.25, -0.2) is 0 Å². The lowest BCUT2D eigenvalue weighted by atomic mass is 10.1. The fourth-order valence-corrected chi connectivity index (χ4v) is 3.22. The van der Waals surface area contributed by atoms with E-state index in [1.165, 1.54) is 12.8 Å². The van der Waals surface area contributed by atoms with Crippen molar-refractivity contribution in [1.29, 1.82) is 0 Å². The van der Waals surface area contributed by atoms with Crippen LogP contribution in [0.1, 0.15) is 24.8 Å². The molecular formula is C20H30ClN3O3. The molecule has 1 aromatic rings. The minimum atomic E-state index is 0. The molecular weight excluding hydrogens is 366 g/mol. The van der Waals surface area contributed by atoms with E-state index < -0.39 is 0 Å². The number of halogens is 1. The molecule has 1 saturated heterocycles. The van der Waals surface area contributed by atoms with Crippen LogP contribution in [0.15, 0.2) is 24.3 Å². The highest BCUT2D eigenvalue weighted by Gasteiger charge is 2.25. The number of carbonyl (C=O) groups is 2. The van der Waals surface area contributed by atoms with Crippen molar-refractivity contribution in [2.24, 2.45) is 5.92 Å². The van der Waals surface area contributed by atoms with Gasteiger partial charge in [-0.3, -0.25) is 9.59 Å². The van der Waals surface area contributed by atoms with Crippen LogP contribution < -0.4 is 10.1 Å².